The molecule has 1 aromatic rings. The normalized spacial score (nSPS) is 24.7. The Kier molecular flexibility index (Phi) is 6.04. The maximum atomic E-state index is 11.7. The molecule has 0 radical (unpaired) electrons. The fourth-order valence-corrected chi connectivity index (χ4v) is 4.09. The molecule has 1 aromatic carbocycles. The highest BCUT2D eigenvalue weighted by Crippen LogP contribution is 2.36. The predicted octanol–water partition coefficient (Wildman–Crippen LogP) is 2.21. The lowest BCUT2D eigenvalue weighted by molar-refractivity contribution is -0.119. The third-order valence-electron chi connectivity index (χ3n) is 5.34. The number of benzene rings is 1. The number of carbonyl (C=O) groups excluding carboxylic acids is 1. The van der Waals surface area contributed by atoms with Crippen molar-refractivity contribution >= 4 is 23.5 Å². The van der Waals surface area contributed by atoms with Gasteiger partial charge in [0.2, 0.25) is 5.91 Å². The van der Waals surface area contributed by atoms with Gasteiger partial charge in [0, 0.05) is 57.2 Å². The van der Waals surface area contributed by atoms with Gasteiger partial charge in [0.25, 0.3) is 0 Å². The number of hydrogen-bond donors (Lipinski definition) is 2. The molecule has 2 aliphatic rings. The summed E-state index contributed by atoms with van der Waals surface area (Å²) >= 11 is 5.97. The summed E-state index contributed by atoms with van der Waals surface area (Å²) in [4.78, 5) is 18.4. The van der Waals surface area contributed by atoms with Crippen LogP contribution in [0.3, 0.4) is 0 Å². The van der Waals surface area contributed by atoms with Crippen LogP contribution in [0.4, 0.5) is 0 Å². The molecular weight excluding hydrogens is 352 g/mol. The van der Waals surface area contributed by atoms with Crippen LogP contribution < -0.4 is 10.6 Å². The van der Waals surface area contributed by atoms with Crippen molar-refractivity contribution in [1.82, 2.24) is 15.5 Å². The number of piperidine rings is 1. The minimum Gasteiger partial charge on any atom is -0.375 e. The van der Waals surface area contributed by atoms with E-state index in [1.807, 2.05) is 24.3 Å². The molecule has 0 aromatic heterocycles. The van der Waals surface area contributed by atoms with E-state index in [1.54, 1.807) is 14.2 Å². The molecule has 142 valence electrons. The van der Waals surface area contributed by atoms with Crippen LogP contribution in [-0.4, -0.2) is 57.1 Å². The first-order valence-electron chi connectivity index (χ1n) is 9.06. The maximum absolute atomic E-state index is 11.7. The number of nitrogens with zero attached hydrogens (tertiary/aromatic N) is 2. The Hall–Kier alpha value is -1.79. The number of halogens is 1. The molecule has 0 aliphatic carbocycles. The lowest BCUT2D eigenvalue weighted by Gasteiger charge is -2.41. The first-order valence-corrected chi connectivity index (χ1v) is 9.44. The molecule has 0 bridgehead atoms. The second-order valence-electron chi connectivity index (χ2n) is 7.18. The second kappa shape index (κ2) is 8.27. The third-order valence-corrected chi connectivity index (χ3v) is 5.59. The van der Waals surface area contributed by atoms with Crippen LogP contribution in [0.2, 0.25) is 5.02 Å². The fourth-order valence-electron chi connectivity index (χ4n) is 3.96. The Labute approximate surface area is 159 Å². The van der Waals surface area contributed by atoms with Crippen molar-refractivity contribution in [2.24, 2.45) is 10.4 Å². The summed E-state index contributed by atoms with van der Waals surface area (Å²) in [6, 6.07) is 7.70. The van der Waals surface area contributed by atoms with Crippen LogP contribution in [0.5, 0.6) is 0 Å². The lowest BCUT2D eigenvalue weighted by Crippen LogP contribution is -2.51. The minimum absolute atomic E-state index is 0.0454. The zero-order valence-electron chi connectivity index (χ0n) is 15.4. The van der Waals surface area contributed by atoms with Crippen LogP contribution in [0, 0.1) is 5.41 Å². The van der Waals surface area contributed by atoms with E-state index in [1.165, 1.54) is 0 Å². The van der Waals surface area contributed by atoms with E-state index in [2.05, 4.69) is 20.5 Å². The third kappa shape index (κ3) is 4.30. The minimum atomic E-state index is -0.0857. The van der Waals surface area contributed by atoms with E-state index in [9.17, 15) is 4.79 Å². The molecule has 7 heteroatoms. The Bertz CT molecular complexity index is 664. The number of guanidine groups is 1. The van der Waals surface area contributed by atoms with Crippen molar-refractivity contribution in [2.45, 2.75) is 25.4 Å². The van der Waals surface area contributed by atoms with Crippen molar-refractivity contribution in [2.75, 3.05) is 40.3 Å². The van der Waals surface area contributed by atoms with Crippen molar-refractivity contribution in [3.05, 3.63) is 34.9 Å². The average molecular weight is 379 g/mol. The number of amides is 1. The van der Waals surface area contributed by atoms with Crippen molar-refractivity contribution in [3.8, 4) is 0 Å². The van der Waals surface area contributed by atoms with Gasteiger partial charge < -0.3 is 20.3 Å². The average Bonchev–Trinajstić information content (AvgIpc) is 3.00. The largest absolute Gasteiger partial charge is 0.375 e. The topological polar surface area (TPSA) is 66.0 Å². The van der Waals surface area contributed by atoms with Crippen LogP contribution in [-0.2, 0) is 9.53 Å². The highest BCUT2D eigenvalue weighted by molar-refractivity contribution is 6.30. The number of aliphatic imine (C=N–C) groups is 1. The summed E-state index contributed by atoms with van der Waals surface area (Å²) in [5, 5.41) is 7.13. The van der Waals surface area contributed by atoms with E-state index >= 15 is 0 Å². The van der Waals surface area contributed by atoms with E-state index in [-0.39, 0.29) is 17.4 Å². The van der Waals surface area contributed by atoms with Crippen LogP contribution in [0.25, 0.3) is 0 Å². The van der Waals surface area contributed by atoms with E-state index in [0.29, 0.717) is 18.0 Å². The van der Waals surface area contributed by atoms with Gasteiger partial charge in [0.05, 0.1) is 6.10 Å². The van der Waals surface area contributed by atoms with E-state index in [0.717, 1.165) is 44.0 Å². The quantitative estimate of drug-likeness (QED) is 0.622. The molecule has 2 unspecified atom stereocenters. The first-order chi connectivity index (χ1) is 12.5. The molecule has 3 rings (SSSR count). The molecule has 6 nitrogen and oxygen atoms in total. The number of rotatable bonds is 4. The smallest absolute Gasteiger partial charge is 0.220 e. The molecule has 1 amide bonds. The predicted molar refractivity (Wildman–Crippen MR) is 103 cm³/mol. The molecular formula is C19H27ClN4O2. The van der Waals surface area contributed by atoms with Crippen LogP contribution in [0.15, 0.2) is 29.3 Å². The van der Waals surface area contributed by atoms with E-state index in [4.69, 9.17) is 16.3 Å². The van der Waals surface area contributed by atoms with Gasteiger partial charge in [0.1, 0.15) is 0 Å². The second-order valence-corrected chi connectivity index (χ2v) is 7.62. The summed E-state index contributed by atoms with van der Waals surface area (Å²) in [6.07, 6.45) is 2.69. The van der Waals surface area contributed by atoms with Crippen LogP contribution >= 0.6 is 11.6 Å². The monoisotopic (exact) mass is 378 g/mol. The molecule has 2 fully saturated rings. The number of carbonyl (C=O) groups is 1. The number of likely N-dealkylation sites (tertiary alicyclic amines) is 1. The maximum Gasteiger partial charge on any atom is 0.220 e. The highest BCUT2D eigenvalue weighted by Gasteiger charge is 2.42. The van der Waals surface area contributed by atoms with Crippen molar-refractivity contribution in [3.63, 3.8) is 0 Å². The number of methoxy groups -OCH3 is 1. The molecule has 2 N–H and O–H groups in total. The zero-order chi connectivity index (χ0) is 18.6. The highest BCUT2D eigenvalue weighted by atomic mass is 35.5. The summed E-state index contributed by atoms with van der Waals surface area (Å²) in [5.41, 5.74) is 1.12. The van der Waals surface area contributed by atoms with Gasteiger partial charge >= 0.3 is 0 Å². The van der Waals surface area contributed by atoms with Gasteiger partial charge in [0.15, 0.2) is 5.96 Å². The summed E-state index contributed by atoms with van der Waals surface area (Å²) < 4.78 is 5.63. The molecule has 2 heterocycles. The van der Waals surface area contributed by atoms with Crippen molar-refractivity contribution < 1.29 is 9.53 Å². The molecule has 2 atom stereocenters. The van der Waals surface area contributed by atoms with E-state index < -0.39 is 0 Å². The summed E-state index contributed by atoms with van der Waals surface area (Å²) in [6.45, 7) is 3.19. The van der Waals surface area contributed by atoms with Gasteiger partial charge in [-0.05, 0) is 30.5 Å². The van der Waals surface area contributed by atoms with Gasteiger partial charge in [-0.3, -0.25) is 9.79 Å². The Morgan fingerprint density at radius 1 is 1.46 bits per heavy atom. The summed E-state index contributed by atoms with van der Waals surface area (Å²) in [5.74, 6) is 1.02. The SMILES string of the molecule is CN=C(NCC(OC)c1ccc(Cl)cc1)N1CCCC2(CNC(=O)C2)C1. The standard InChI is InChI=1S/C19H27ClN4O2/c1-21-18(22-11-16(26-2)14-4-6-15(20)7-5-14)24-9-3-8-19(13-24)10-17(25)23-12-19/h4-7,16H,3,8-13H2,1-2H3,(H,21,22)(H,23,25). The van der Waals surface area contributed by atoms with Gasteiger partial charge in [-0.15, -0.1) is 0 Å². The molecule has 0 saturated carbocycles. The Morgan fingerprint density at radius 3 is 2.85 bits per heavy atom. The van der Waals surface area contributed by atoms with Crippen molar-refractivity contribution in [1.29, 1.82) is 0 Å². The number of nitrogens with one attached hydrogen (secondary N) is 2. The Balaban J connectivity index is 1.62. The lowest BCUT2D eigenvalue weighted by atomic mass is 9.79. The van der Waals surface area contributed by atoms with Gasteiger partial charge in [-0.25, -0.2) is 0 Å². The zero-order valence-corrected chi connectivity index (χ0v) is 16.2. The fraction of sp³-hybridized carbons (Fsp3) is 0.579. The Morgan fingerprint density at radius 2 is 2.23 bits per heavy atom. The summed E-state index contributed by atoms with van der Waals surface area (Å²) in [7, 11) is 3.50. The van der Waals surface area contributed by atoms with Crippen LogP contribution in [0.1, 0.15) is 30.9 Å². The molecule has 1 spiro atoms. The molecule has 2 saturated heterocycles. The number of ether oxygens (including phenoxy) is 1. The molecule has 2 aliphatic heterocycles. The van der Waals surface area contributed by atoms with Gasteiger partial charge in [-0.1, -0.05) is 23.7 Å². The number of hydrogen-bond acceptors (Lipinski definition) is 3. The molecule has 26 heavy (non-hydrogen) atoms. The first kappa shape index (κ1) is 19.0. The van der Waals surface area contributed by atoms with Gasteiger partial charge in [-0.2, -0.15) is 0 Å².